The molecule has 1 saturated carbocycles. The van der Waals surface area contributed by atoms with Gasteiger partial charge in [-0.15, -0.1) is 0 Å². The van der Waals surface area contributed by atoms with E-state index in [0.717, 1.165) is 54.7 Å². The van der Waals surface area contributed by atoms with Crippen molar-refractivity contribution in [3.05, 3.63) is 58.6 Å². The molecule has 0 saturated heterocycles. The quantitative estimate of drug-likeness (QED) is 0.834. The Labute approximate surface area is 164 Å². The van der Waals surface area contributed by atoms with E-state index in [9.17, 15) is 4.79 Å². The summed E-state index contributed by atoms with van der Waals surface area (Å²) >= 11 is 6.19. The molecule has 2 aliphatic rings. The number of nitrogens with one attached hydrogen (secondary N) is 1. The average Bonchev–Trinajstić information content (AvgIpc) is 3.07. The van der Waals surface area contributed by atoms with Crippen molar-refractivity contribution in [3.8, 4) is 11.5 Å². The van der Waals surface area contributed by atoms with Crippen LogP contribution in [0.1, 0.15) is 43.2 Å². The highest BCUT2D eigenvalue weighted by Crippen LogP contribution is 2.42. The second-order valence-corrected chi connectivity index (χ2v) is 7.75. The number of fused-ring (bicyclic) bond motifs is 1. The summed E-state index contributed by atoms with van der Waals surface area (Å²) in [4.78, 5) is 13.2. The number of hydrogen-bond acceptors (Lipinski definition) is 3. The van der Waals surface area contributed by atoms with Crippen molar-refractivity contribution in [3.63, 3.8) is 0 Å². The number of benzene rings is 2. The minimum Gasteiger partial charge on any atom is -0.490 e. The molecule has 2 aromatic rings. The summed E-state index contributed by atoms with van der Waals surface area (Å²) in [6, 6.07) is 13.6. The van der Waals surface area contributed by atoms with Crippen molar-refractivity contribution < 1.29 is 14.3 Å². The standard InChI is InChI=1S/C22H24ClNO3/c23-18-6-3-5-17(14-18)22(9-1-2-10-22)21(25)24-15-16-7-8-19-20(13-16)27-12-4-11-26-19/h3,5-8,13-14H,1-2,4,9-12,15H2,(H,24,25). The first kappa shape index (κ1) is 18.2. The van der Waals surface area contributed by atoms with Crippen molar-refractivity contribution in [1.29, 1.82) is 0 Å². The highest BCUT2D eigenvalue weighted by Gasteiger charge is 2.42. The summed E-state index contributed by atoms with van der Waals surface area (Å²) in [5.74, 6) is 1.60. The van der Waals surface area contributed by atoms with E-state index in [-0.39, 0.29) is 5.91 Å². The topological polar surface area (TPSA) is 47.6 Å². The summed E-state index contributed by atoms with van der Waals surface area (Å²) in [7, 11) is 0. The van der Waals surface area contributed by atoms with E-state index in [0.29, 0.717) is 24.8 Å². The number of halogens is 1. The third-order valence-corrected chi connectivity index (χ3v) is 5.77. The molecule has 1 aliphatic carbocycles. The third-order valence-electron chi connectivity index (χ3n) is 5.53. The Hall–Kier alpha value is -2.20. The van der Waals surface area contributed by atoms with Crippen LogP contribution in [-0.2, 0) is 16.8 Å². The van der Waals surface area contributed by atoms with Crippen LogP contribution < -0.4 is 14.8 Å². The second-order valence-electron chi connectivity index (χ2n) is 7.31. The molecule has 142 valence electrons. The lowest BCUT2D eigenvalue weighted by molar-refractivity contribution is -0.126. The zero-order chi connectivity index (χ0) is 18.7. The maximum absolute atomic E-state index is 13.2. The predicted octanol–water partition coefficient (Wildman–Crippen LogP) is 4.63. The molecule has 1 heterocycles. The van der Waals surface area contributed by atoms with Crippen molar-refractivity contribution in [2.24, 2.45) is 0 Å². The van der Waals surface area contributed by atoms with Crippen LogP contribution in [0.4, 0.5) is 0 Å². The largest absolute Gasteiger partial charge is 0.490 e. The van der Waals surface area contributed by atoms with E-state index < -0.39 is 5.41 Å². The summed E-state index contributed by atoms with van der Waals surface area (Å²) in [5, 5.41) is 3.82. The molecule has 0 radical (unpaired) electrons. The number of amides is 1. The zero-order valence-electron chi connectivity index (χ0n) is 15.3. The van der Waals surface area contributed by atoms with Gasteiger partial charge < -0.3 is 14.8 Å². The van der Waals surface area contributed by atoms with Crippen molar-refractivity contribution in [1.82, 2.24) is 5.32 Å². The Bertz CT molecular complexity index is 830. The van der Waals surface area contributed by atoms with Gasteiger partial charge in [0.1, 0.15) is 0 Å². The van der Waals surface area contributed by atoms with Gasteiger partial charge in [-0.2, -0.15) is 0 Å². The van der Waals surface area contributed by atoms with Crippen LogP contribution in [0.15, 0.2) is 42.5 Å². The Kier molecular flexibility index (Phi) is 5.26. The smallest absolute Gasteiger partial charge is 0.230 e. The van der Waals surface area contributed by atoms with Crippen LogP contribution in [0.25, 0.3) is 0 Å². The van der Waals surface area contributed by atoms with Gasteiger partial charge in [0.25, 0.3) is 0 Å². The molecule has 1 fully saturated rings. The number of carbonyl (C=O) groups is 1. The molecular weight excluding hydrogens is 362 g/mol. The fourth-order valence-electron chi connectivity index (χ4n) is 4.08. The van der Waals surface area contributed by atoms with Gasteiger partial charge in [-0.1, -0.05) is 42.6 Å². The molecule has 1 amide bonds. The van der Waals surface area contributed by atoms with E-state index >= 15 is 0 Å². The van der Waals surface area contributed by atoms with Crippen LogP contribution in [0.2, 0.25) is 5.02 Å². The lowest BCUT2D eigenvalue weighted by atomic mass is 9.78. The average molecular weight is 386 g/mol. The Morgan fingerprint density at radius 2 is 1.78 bits per heavy atom. The molecule has 1 N–H and O–H groups in total. The first-order chi connectivity index (χ1) is 13.2. The first-order valence-corrected chi connectivity index (χ1v) is 9.98. The molecule has 0 atom stereocenters. The van der Waals surface area contributed by atoms with Gasteiger partial charge in [0.15, 0.2) is 11.5 Å². The molecule has 0 unspecified atom stereocenters. The lowest BCUT2D eigenvalue weighted by Gasteiger charge is -2.28. The van der Waals surface area contributed by atoms with Crippen LogP contribution in [0.5, 0.6) is 11.5 Å². The van der Waals surface area contributed by atoms with Crippen molar-refractivity contribution >= 4 is 17.5 Å². The van der Waals surface area contributed by atoms with Crippen LogP contribution in [-0.4, -0.2) is 19.1 Å². The molecule has 0 bridgehead atoms. The minimum absolute atomic E-state index is 0.0781. The molecule has 2 aromatic carbocycles. The number of rotatable bonds is 4. The highest BCUT2D eigenvalue weighted by atomic mass is 35.5. The Morgan fingerprint density at radius 1 is 1.00 bits per heavy atom. The predicted molar refractivity (Wildman–Crippen MR) is 105 cm³/mol. The molecule has 4 nitrogen and oxygen atoms in total. The molecule has 1 aliphatic heterocycles. The SMILES string of the molecule is O=C(NCc1ccc2c(c1)OCCCO2)C1(c2cccc(Cl)c2)CCCC1. The fraction of sp³-hybridized carbons (Fsp3) is 0.409. The van der Waals surface area contributed by atoms with Gasteiger partial charge in [0.2, 0.25) is 5.91 Å². The lowest BCUT2D eigenvalue weighted by Crippen LogP contribution is -2.42. The molecule has 4 rings (SSSR count). The van der Waals surface area contributed by atoms with Crippen LogP contribution in [0.3, 0.4) is 0 Å². The molecular formula is C22H24ClNO3. The van der Waals surface area contributed by atoms with Gasteiger partial charge in [-0.25, -0.2) is 0 Å². The van der Waals surface area contributed by atoms with Crippen LogP contribution >= 0.6 is 11.6 Å². The monoisotopic (exact) mass is 385 g/mol. The third kappa shape index (κ3) is 3.77. The summed E-state index contributed by atoms with van der Waals surface area (Å²) in [5.41, 5.74) is 1.55. The highest BCUT2D eigenvalue weighted by molar-refractivity contribution is 6.30. The first-order valence-electron chi connectivity index (χ1n) is 9.60. The minimum atomic E-state index is -0.476. The number of ether oxygens (including phenoxy) is 2. The Balaban J connectivity index is 1.50. The fourth-order valence-corrected chi connectivity index (χ4v) is 4.27. The van der Waals surface area contributed by atoms with Gasteiger partial charge in [0, 0.05) is 18.0 Å². The van der Waals surface area contributed by atoms with Crippen molar-refractivity contribution in [2.45, 2.75) is 44.1 Å². The maximum Gasteiger partial charge on any atom is 0.230 e. The maximum atomic E-state index is 13.2. The van der Waals surface area contributed by atoms with Crippen LogP contribution in [0, 0.1) is 0 Å². The molecule has 0 spiro atoms. The second kappa shape index (κ2) is 7.81. The molecule has 0 aromatic heterocycles. The zero-order valence-corrected chi connectivity index (χ0v) is 16.1. The summed E-state index contributed by atoms with van der Waals surface area (Å²) < 4.78 is 11.4. The molecule has 27 heavy (non-hydrogen) atoms. The van der Waals surface area contributed by atoms with Gasteiger partial charge in [-0.3, -0.25) is 4.79 Å². The normalized spacial score (nSPS) is 18.0. The van der Waals surface area contributed by atoms with E-state index in [2.05, 4.69) is 5.32 Å². The van der Waals surface area contributed by atoms with E-state index in [1.165, 1.54) is 0 Å². The van der Waals surface area contributed by atoms with Gasteiger partial charge in [0.05, 0.1) is 18.6 Å². The summed E-state index contributed by atoms with van der Waals surface area (Å²) in [6.07, 6.45) is 4.72. The van der Waals surface area contributed by atoms with E-state index in [4.69, 9.17) is 21.1 Å². The van der Waals surface area contributed by atoms with Gasteiger partial charge >= 0.3 is 0 Å². The van der Waals surface area contributed by atoms with E-state index in [1.54, 1.807) is 0 Å². The number of hydrogen-bond donors (Lipinski definition) is 1. The van der Waals surface area contributed by atoms with Gasteiger partial charge in [-0.05, 0) is 48.2 Å². The van der Waals surface area contributed by atoms with E-state index in [1.807, 2.05) is 42.5 Å². The number of carbonyl (C=O) groups excluding carboxylic acids is 1. The van der Waals surface area contributed by atoms with Crippen molar-refractivity contribution in [2.75, 3.05) is 13.2 Å². The summed E-state index contributed by atoms with van der Waals surface area (Å²) in [6.45, 7) is 1.80. The molecule has 5 heteroatoms. The Morgan fingerprint density at radius 3 is 2.56 bits per heavy atom.